The lowest BCUT2D eigenvalue weighted by Crippen LogP contribution is -2.23. The molecule has 0 aliphatic carbocycles. The topological polar surface area (TPSA) is 54.5 Å². The molecule has 98 valence electrons. The van der Waals surface area contributed by atoms with Crippen molar-refractivity contribution in [1.82, 2.24) is 9.88 Å². The fourth-order valence-electron chi connectivity index (χ4n) is 1.89. The zero-order valence-corrected chi connectivity index (χ0v) is 10.8. The van der Waals surface area contributed by atoms with Crippen LogP contribution in [0.4, 0.5) is 5.69 Å². The molecule has 0 saturated carbocycles. The van der Waals surface area contributed by atoms with Crippen molar-refractivity contribution in [1.29, 1.82) is 0 Å². The van der Waals surface area contributed by atoms with Crippen LogP contribution in [0.2, 0.25) is 0 Å². The molecular weight excluding hydrogens is 230 g/mol. The number of carbonyl (C=O) groups is 1. The van der Waals surface area contributed by atoms with E-state index in [2.05, 4.69) is 10.3 Å². The van der Waals surface area contributed by atoms with Crippen molar-refractivity contribution in [2.45, 2.75) is 6.42 Å². The molecule has 1 aliphatic heterocycles. The molecule has 1 aromatic heterocycles. The Bertz CT molecular complexity index is 414. The molecule has 5 heteroatoms. The Balaban J connectivity index is 1.96. The fourth-order valence-corrected chi connectivity index (χ4v) is 1.89. The highest BCUT2D eigenvalue weighted by molar-refractivity contribution is 5.92. The Labute approximate surface area is 107 Å². The van der Waals surface area contributed by atoms with E-state index in [1.54, 1.807) is 26.4 Å². The highest BCUT2D eigenvalue weighted by atomic mass is 16.5. The number of anilines is 1. The van der Waals surface area contributed by atoms with Crippen LogP contribution in [0.5, 0.6) is 0 Å². The van der Waals surface area contributed by atoms with Crippen molar-refractivity contribution in [2.24, 2.45) is 5.92 Å². The first kappa shape index (κ1) is 12.8. The molecule has 5 nitrogen and oxygen atoms in total. The molecule has 1 saturated heterocycles. The van der Waals surface area contributed by atoms with Gasteiger partial charge in [-0.1, -0.05) is 0 Å². The quantitative estimate of drug-likeness (QED) is 0.872. The number of hydrogen-bond donors (Lipinski definition) is 1. The summed E-state index contributed by atoms with van der Waals surface area (Å²) in [6.07, 6.45) is 2.76. The summed E-state index contributed by atoms with van der Waals surface area (Å²) in [5.41, 5.74) is 1.40. The predicted molar refractivity (Wildman–Crippen MR) is 69.7 cm³/mol. The number of carbonyl (C=O) groups excluding carboxylic acids is 1. The molecule has 2 heterocycles. The average molecular weight is 249 g/mol. The van der Waals surface area contributed by atoms with Gasteiger partial charge in [-0.25, -0.2) is 0 Å². The van der Waals surface area contributed by atoms with Gasteiger partial charge in [0.2, 0.25) is 0 Å². The molecule has 1 amide bonds. The number of ether oxygens (including phenoxy) is 1. The van der Waals surface area contributed by atoms with Crippen LogP contribution >= 0.6 is 0 Å². The van der Waals surface area contributed by atoms with Crippen molar-refractivity contribution in [2.75, 3.05) is 39.2 Å². The molecule has 1 aliphatic rings. The summed E-state index contributed by atoms with van der Waals surface area (Å²) >= 11 is 0. The summed E-state index contributed by atoms with van der Waals surface area (Å²) in [5.74, 6) is 0.481. The minimum atomic E-state index is -0.0807. The van der Waals surface area contributed by atoms with Crippen LogP contribution in [0.1, 0.15) is 16.9 Å². The van der Waals surface area contributed by atoms with E-state index in [-0.39, 0.29) is 5.91 Å². The van der Waals surface area contributed by atoms with Gasteiger partial charge in [0.25, 0.3) is 5.91 Å². The molecule has 0 aromatic carbocycles. The zero-order valence-electron chi connectivity index (χ0n) is 10.8. The first-order chi connectivity index (χ1) is 8.66. The van der Waals surface area contributed by atoms with Crippen LogP contribution in [-0.2, 0) is 4.74 Å². The standard InChI is InChI=1S/C13H19N3O2/c1-16(2)13(17)12-7-11(3-5-14-12)15-8-10-4-6-18-9-10/h3,5,7,10H,4,6,8-9H2,1-2H3,(H,14,15). The molecule has 0 radical (unpaired) electrons. The van der Waals surface area contributed by atoms with Crippen molar-refractivity contribution in [3.05, 3.63) is 24.0 Å². The molecule has 0 bridgehead atoms. The van der Waals surface area contributed by atoms with Crippen LogP contribution < -0.4 is 5.32 Å². The third kappa shape index (κ3) is 3.20. The lowest BCUT2D eigenvalue weighted by molar-refractivity contribution is 0.0822. The summed E-state index contributed by atoms with van der Waals surface area (Å²) in [6.45, 7) is 2.55. The Kier molecular flexibility index (Phi) is 4.15. The molecule has 1 unspecified atom stereocenters. The summed E-state index contributed by atoms with van der Waals surface area (Å²) in [5, 5.41) is 3.33. The molecule has 18 heavy (non-hydrogen) atoms. The largest absolute Gasteiger partial charge is 0.385 e. The monoisotopic (exact) mass is 249 g/mol. The second kappa shape index (κ2) is 5.82. The average Bonchev–Trinajstić information content (AvgIpc) is 2.89. The minimum absolute atomic E-state index is 0.0807. The first-order valence-corrected chi connectivity index (χ1v) is 6.16. The highest BCUT2D eigenvalue weighted by Crippen LogP contribution is 2.15. The molecule has 1 N–H and O–H groups in total. The second-order valence-electron chi connectivity index (χ2n) is 4.74. The first-order valence-electron chi connectivity index (χ1n) is 6.16. The highest BCUT2D eigenvalue weighted by Gasteiger charge is 2.15. The Morgan fingerprint density at radius 3 is 3.11 bits per heavy atom. The molecule has 1 aromatic rings. The second-order valence-corrected chi connectivity index (χ2v) is 4.74. The lowest BCUT2D eigenvalue weighted by Gasteiger charge is -2.13. The predicted octanol–water partition coefficient (Wildman–Crippen LogP) is 1.23. The molecule has 1 fully saturated rings. The SMILES string of the molecule is CN(C)C(=O)c1cc(NCC2CCOC2)ccn1. The third-order valence-corrected chi connectivity index (χ3v) is 3.00. The Morgan fingerprint density at radius 1 is 1.61 bits per heavy atom. The number of amides is 1. The maximum absolute atomic E-state index is 11.8. The smallest absolute Gasteiger partial charge is 0.272 e. The summed E-state index contributed by atoms with van der Waals surface area (Å²) < 4.78 is 5.33. The van der Waals surface area contributed by atoms with Crippen molar-refractivity contribution in [3.63, 3.8) is 0 Å². The van der Waals surface area contributed by atoms with E-state index in [0.717, 1.165) is 31.9 Å². The number of nitrogens with one attached hydrogen (secondary N) is 1. The van der Waals surface area contributed by atoms with Crippen LogP contribution in [-0.4, -0.2) is 49.6 Å². The summed E-state index contributed by atoms with van der Waals surface area (Å²) in [7, 11) is 3.44. The van der Waals surface area contributed by atoms with E-state index in [4.69, 9.17) is 4.74 Å². The van der Waals surface area contributed by atoms with Gasteiger partial charge in [-0.3, -0.25) is 9.78 Å². The fraction of sp³-hybridized carbons (Fsp3) is 0.538. The van der Waals surface area contributed by atoms with Crippen LogP contribution in [0.3, 0.4) is 0 Å². The maximum Gasteiger partial charge on any atom is 0.272 e. The maximum atomic E-state index is 11.8. The van der Waals surface area contributed by atoms with Gasteiger partial charge in [0.05, 0.1) is 6.61 Å². The van der Waals surface area contributed by atoms with Gasteiger partial charge >= 0.3 is 0 Å². The normalized spacial score (nSPS) is 18.7. The van der Waals surface area contributed by atoms with Gasteiger partial charge < -0.3 is 15.0 Å². The molecule has 2 rings (SSSR count). The van der Waals surface area contributed by atoms with E-state index in [1.807, 2.05) is 6.07 Å². The van der Waals surface area contributed by atoms with Crippen molar-refractivity contribution in [3.8, 4) is 0 Å². The van der Waals surface area contributed by atoms with E-state index in [0.29, 0.717) is 11.6 Å². The van der Waals surface area contributed by atoms with E-state index in [1.165, 1.54) is 4.90 Å². The number of nitrogens with zero attached hydrogens (tertiary/aromatic N) is 2. The van der Waals surface area contributed by atoms with Gasteiger partial charge in [0.1, 0.15) is 5.69 Å². The number of aromatic nitrogens is 1. The third-order valence-electron chi connectivity index (χ3n) is 3.00. The van der Waals surface area contributed by atoms with Gasteiger partial charge in [-0.15, -0.1) is 0 Å². The van der Waals surface area contributed by atoms with Crippen LogP contribution in [0, 0.1) is 5.92 Å². The van der Waals surface area contributed by atoms with Gasteiger partial charge in [0.15, 0.2) is 0 Å². The lowest BCUT2D eigenvalue weighted by atomic mass is 10.1. The Hall–Kier alpha value is -1.62. The molecular formula is C13H19N3O2. The summed E-state index contributed by atoms with van der Waals surface area (Å²) in [6, 6.07) is 3.67. The van der Waals surface area contributed by atoms with Crippen molar-refractivity contribution < 1.29 is 9.53 Å². The van der Waals surface area contributed by atoms with Gasteiger partial charge in [-0.05, 0) is 18.6 Å². The van der Waals surface area contributed by atoms with Gasteiger partial charge in [-0.2, -0.15) is 0 Å². The molecule has 1 atom stereocenters. The number of rotatable bonds is 4. The van der Waals surface area contributed by atoms with E-state index >= 15 is 0 Å². The summed E-state index contributed by atoms with van der Waals surface area (Å²) in [4.78, 5) is 17.4. The minimum Gasteiger partial charge on any atom is -0.385 e. The Morgan fingerprint density at radius 2 is 2.44 bits per heavy atom. The van der Waals surface area contributed by atoms with Crippen molar-refractivity contribution >= 4 is 11.6 Å². The van der Waals surface area contributed by atoms with E-state index < -0.39 is 0 Å². The number of hydrogen-bond acceptors (Lipinski definition) is 4. The van der Waals surface area contributed by atoms with Gasteiger partial charge in [0, 0.05) is 45.0 Å². The number of pyridine rings is 1. The van der Waals surface area contributed by atoms with Crippen LogP contribution in [0.25, 0.3) is 0 Å². The zero-order chi connectivity index (χ0) is 13.0. The van der Waals surface area contributed by atoms with E-state index in [9.17, 15) is 4.79 Å². The van der Waals surface area contributed by atoms with Crippen LogP contribution in [0.15, 0.2) is 18.3 Å². The molecule has 0 spiro atoms.